The van der Waals surface area contributed by atoms with Crippen molar-refractivity contribution in [2.75, 3.05) is 12.9 Å². The van der Waals surface area contributed by atoms with E-state index in [1.807, 2.05) is 20.8 Å². The number of carbonyl (C=O) groups is 1. The molecule has 2 unspecified atom stereocenters. The number of esters is 1. The maximum Gasteiger partial charge on any atom is 0.306 e. The summed E-state index contributed by atoms with van der Waals surface area (Å²) in [5, 5.41) is 9.92. The van der Waals surface area contributed by atoms with Crippen molar-refractivity contribution in [1.82, 2.24) is 0 Å². The van der Waals surface area contributed by atoms with E-state index in [9.17, 15) is 9.90 Å². The highest BCUT2D eigenvalue weighted by Crippen LogP contribution is 2.22. The van der Waals surface area contributed by atoms with Crippen molar-refractivity contribution in [2.24, 2.45) is 0 Å². The first kappa shape index (κ1) is 13.8. The number of carbonyl (C=O) groups excluding carboxylic acids is 1. The fourth-order valence-corrected chi connectivity index (χ4v) is 1.90. The number of aliphatic hydroxyl groups is 1. The van der Waals surface area contributed by atoms with Gasteiger partial charge in [0.1, 0.15) is 0 Å². The number of thioether (sulfide) groups is 1. The summed E-state index contributed by atoms with van der Waals surface area (Å²) in [6.07, 6.45) is 1.13. The molecular formula is C10H20O3S. The van der Waals surface area contributed by atoms with Crippen LogP contribution in [0.2, 0.25) is 0 Å². The summed E-state index contributed by atoms with van der Waals surface area (Å²) in [4.78, 5) is 10.9. The smallest absolute Gasteiger partial charge is 0.306 e. The van der Waals surface area contributed by atoms with Crippen molar-refractivity contribution in [3.8, 4) is 0 Å². The van der Waals surface area contributed by atoms with Crippen LogP contribution in [-0.2, 0) is 9.53 Å². The van der Waals surface area contributed by atoms with E-state index in [-0.39, 0.29) is 11.2 Å². The van der Waals surface area contributed by atoms with E-state index in [1.54, 1.807) is 11.8 Å². The van der Waals surface area contributed by atoms with Crippen LogP contribution in [0.15, 0.2) is 0 Å². The summed E-state index contributed by atoms with van der Waals surface area (Å²) in [6, 6.07) is 0. The molecule has 0 aromatic rings. The lowest BCUT2D eigenvalue weighted by Gasteiger charge is -2.22. The van der Waals surface area contributed by atoms with Crippen LogP contribution in [0.3, 0.4) is 0 Å². The van der Waals surface area contributed by atoms with Gasteiger partial charge < -0.3 is 9.84 Å². The van der Waals surface area contributed by atoms with Gasteiger partial charge in [0.05, 0.1) is 19.1 Å². The summed E-state index contributed by atoms with van der Waals surface area (Å²) < 4.78 is 4.56. The van der Waals surface area contributed by atoms with Crippen LogP contribution >= 0.6 is 11.8 Å². The van der Waals surface area contributed by atoms with Gasteiger partial charge >= 0.3 is 5.97 Å². The molecule has 0 aliphatic rings. The molecule has 0 aliphatic heterocycles. The van der Waals surface area contributed by atoms with Gasteiger partial charge in [-0.2, -0.15) is 11.8 Å². The topological polar surface area (TPSA) is 46.5 Å². The van der Waals surface area contributed by atoms with E-state index in [1.165, 1.54) is 7.11 Å². The average Bonchev–Trinajstić information content (AvgIpc) is 2.15. The predicted molar refractivity (Wildman–Crippen MR) is 59.5 cm³/mol. The summed E-state index contributed by atoms with van der Waals surface area (Å²) in [5.41, 5.74) is -0.630. The van der Waals surface area contributed by atoms with Crippen molar-refractivity contribution in [1.29, 1.82) is 0 Å². The Bertz CT molecular complexity index is 180. The lowest BCUT2D eigenvalue weighted by Crippen LogP contribution is -2.27. The molecule has 0 heterocycles. The molecule has 0 rings (SSSR count). The highest BCUT2D eigenvalue weighted by molar-refractivity contribution is 7.99. The molecular weight excluding hydrogens is 200 g/mol. The lowest BCUT2D eigenvalue weighted by atomic mass is 10.1. The maximum atomic E-state index is 10.9. The third-order valence-corrected chi connectivity index (χ3v) is 3.65. The highest BCUT2D eigenvalue weighted by atomic mass is 32.2. The molecule has 84 valence electrons. The van der Waals surface area contributed by atoms with Crippen LogP contribution in [0, 0.1) is 0 Å². The molecule has 2 atom stereocenters. The molecule has 0 bridgehead atoms. The lowest BCUT2D eigenvalue weighted by molar-refractivity contribution is -0.140. The normalized spacial score (nSPS) is 17.2. The molecule has 0 aliphatic carbocycles. The summed E-state index contributed by atoms with van der Waals surface area (Å²) >= 11 is 1.60. The average molecular weight is 220 g/mol. The number of hydrogen-bond donors (Lipinski definition) is 1. The van der Waals surface area contributed by atoms with E-state index in [0.29, 0.717) is 12.2 Å². The molecule has 0 radical (unpaired) electrons. The minimum atomic E-state index is -0.630. The minimum Gasteiger partial charge on any atom is -0.469 e. The molecule has 0 saturated carbocycles. The van der Waals surface area contributed by atoms with E-state index in [4.69, 9.17) is 0 Å². The van der Waals surface area contributed by atoms with Gasteiger partial charge in [-0.25, -0.2) is 0 Å². The van der Waals surface area contributed by atoms with Gasteiger partial charge in [0.2, 0.25) is 0 Å². The van der Waals surface area contributed by atoms with Crippen LogP contribution in [-0.4, -0.2) is 34.8 Å². The maximum absolute atomic E-state index is 10.9. The van der Waals surface area contributed by atoms with Gasteiger partial charge in [0.15, 0.2) is 0 Å². The van der Waals surface area contributed by atoms with Crippen molar-refractivity contribution < 1.29 is 14.6 Å². The number of ether oxygens (including phenoxy) is 1. The summed E-state index contributed by atoms with van der Waals surface area (Å²) in [5.74, 6) is 0.461. The zero-order chi connectivity index (χ0) is 11.2. The Labute approximate surface area is 90.2 Å². The van der Waals surface area contributed by atoms with E-state index in [2.05, 4.69) is 4.74 Å². The monoisotopic (exact) mass is 220 g/mol. The first-order chi connectivity index (χ1) is 6.41. The zero-order valence-electron chi connectivity index (χ0n) is 9.37. The number of methoxy groups -OCH3 is 1. The second-order valence-corrected chi connectivity index (χ2v) is 5.18. The second-order valence-electron chi connectivity index (χ2n) is 3.75. The zero-order valence-corrected chi connectivity index (χ0v) is 10.2. The quantitative estimate of drug-likeness (QED) is 0.694. The molecule has 0 aromatic heterocycles. The van der Waals surface area contributed by atoms with E-state index >= 15 is 0 Å². The van der Waals surface area contributed by atoms with Gasteiger partial charge in [-0.1, -0.05) is 13.8 Å². The van der Waals surface area contributed by atoms with Crippen LogP contribution < -0.4 is 0 Å². The Hall–Kier alpha value is -0.220. The van der Waals surface area contributed by atoms with Crippen molar-refractivity contribution in [3.63, 3.8) is 0 Å². The Balaban J connectivity index is 3.74. The predicted octanol–water partition coefficient (Wildman–Crippen LogP) is 1.83. The Morgan fingerprint density at radius 3 is 2.64 bits per heavy atom. The first-order valence-electron chi connectivity index (χ1n) is 4.82. The van der Waals surface area contributed by atoms with Crippen molar-refractivity contribution in [3.05, 3.63) is 0 Å². The molecule has 0 spiro atoms. The molecule has 3 nitrogen and oxygen atoms in total. The fourth-order valence-electron chi connectivity index (χ4n) is 0.801. The van der Waals surface area contributed by atoms with Crippen LogP contribution in [0.4, 0.5) is 0 Å². The summed E-state index contributed by atoms with van der Waals surface area (Å²) in [6.45, 7) is 5.73. The van der Waals surface area contributed by atoms with Gasteiger partial charge in [0, 0.05) is 11.0 Å². The Morgan fingerprint density at radius 2 is 2.21 bits per heavy atom. The molecule has 4 heteroatoms. The third kappa shape index (κ3) is 6.27. The molecule has 0 aromatic carbocycles. The largest absolute Gasteiger partial charge is 0.469 e. The Morgan fingerprint density at radius 1 is 1.64 bits per heavy atom. The third-order valence-electron chi connectivity index (χ3n) is 2.12. The van der Waals surface area contributed by atoms with Gasteiger partial charge in [-0.3, -0.25) is 4.79 Å². The molecule has 1 N–H and O–H groups in total. The molecule has 0 saturated heterocycles. The van der Waals surface area contributed by atoms with Gasteiger partial charge in [-0.05, 0) is 13.3 Å². The van der Waals surface area contributed by atoms with E-state index < -0.39 is 5.60 Å². The van der Waals surface area contributed by atoms with Crippen molar-refractivity contribution >= 4 is 17.7 Å². The van der Waals surface area contributed by atoms with Gasteiger partial charge in [-0.15, -0.1) is 0 Å². The SMILES string of the molecule is CCC(C)(O)CSC(C)CC(=O)OC. The number of rotatable bonds is 6. The van der Waals surface area contributed by atoms with Gasteiger partial charge in [0.25, 0.3) is 0 Å². The molecule has 14 heavy (non-hydrogen) atoms. The summed E-state index contributed by atoms with van der Waals surface area (Å²) in [7, 11) is 1.39. The van der Waals surface area contributed by atoms with Crippen LogP contribution in [0.5, 0.6) is 0 Å². The Kier molecular flexibility index (Phi) is 6.20. The first-order valence-corrected chi connectivity index (χ1v) is 5.87. The highest BCUT2D eigenvalue weighted by Gasteiger charge is 2.20. The molecule has 0 fully saturated rings. The van der Waals surface area contributed by atoms with Crippen LogP contribution in [0.25, 0.3) is 0 Å². The minimum absolute atomic E-state index is 0.193. The van der Waals surface area contributed by atoms with Crippen molar-refractivity contribution in [2.45, 2.75) is 44.5 Å². The second kappa shape index (κ2) is 6.30. The standard InChI is InChI=1S/C10H20O3S/c1-5-10(3,12)7-14-8(2)6-9(11)13-4/h8,12H,5-7H2,1-4H3. The molecule has 0 amide bonds. The fraction of sp³-hybridized carbons (Fsp3) is 0.900. The van der Waals surface area contributed by atoms with E-state index in [0.717, 1.165) is 6.42 Å². The van der Waals surface area contributed by atoms with Crippen LogP contribution in [0.1, 0.15) is 33.6 Å². The number of hydrogen-bond acceptors (Lipinski definition) is 4.